The second-order valence-corrected chi connectivity index (χ2v) is 4.41. The van der Waals surface area contributed by atoms with Gasteiger partial charge in [0.25, 0.3) is 0 Å². The van der Waals surface area contributed by atoms with Crippen molar-refractivity contribution in [3.63, 3.8) is 0 Å². The van der Waals surface area contributed by atoms with Crippen LogP contribution in [0, 0.1) is 13.8 Å². The van der Waals surface area contributed by atoms with Crippen molar-refractivity contribution in [3.8, 4) is 5.75 Å². The molecule has 0 bridgehead atoms. The van der Waals surface area contributed by atoms with Gasteiger partial charge in [-0.05, 0) is 31.0 Å². The average Bonchev–Trinajstić information content (AvgIpc) is 2.74. The van der Waals surface area contributed by atoms with Crippen molar-refractivity contribution in [2.75, 3.05) is 7.11 Å². The monoisotopic (exact) mass is 244 g/mol. The Balaban J connectivity index is 2.54. The third kappa shape index (κ3) is 2.14. The minimum atomic E-state index is -0.107. The van der Waals surface area contributed by atoms with Gasteiger partial charge < -0.3 is 9.30 Å². The molecule has 0 aliphatic rings. The van der Waals surface area contributed by atoms with Crippen LogP contribution in [0.25, 0.3) is 0 Å². The Labute approximate surface area is 106 Å². The standard InChI is InChI=1S/C14H16N2O2/c1-9-5-10(2)13(12(6-9)18-4)14(17)11-7-16(3)8-15-11/h5-8H,1-4H3. The third-order valence-electron chi connectivity index (χ3n) is 2.83. The maximum atomic E-state index is 12.4. The first-order valence-electron chi connectivity index (χ1n) is 5.71. The predicted molar refractivity (Wildman–Crippen MR) is 69.1 cm³/mol. The molecule has 0 unspecified atom stereocenters. The molecule has 4 nitrogen and oxygen atoms in total. The van der Waals surface area contributed by atoms with E-state index in [1.165, 1.54) is 0 Å². The van der Waals surface area contributed by atoms with Gasteiger partial charge in [0.2, 0.25) is 5.78 Å². The van der Waals surface area contributed by atoms with Gasteiger partial charge in [-0.1, -0.05) is 6.07 Å². The molecule has 0 aliphatic carbocycles. The molecule has 0 N–H and O–H groups in total. The van der Waals surface area contributed by atoms with Crippen molar-refractivity contribution in [3.05, 3.63) is 47.0 Å². The summed E-state index contributed by atoms with van der Waals surface area (Å²) in [5, 5.41) is 0. The highest BCUT2D eigenvalue weighted by Gasteiger charge is 2.19. The number of benzene rings is 1. The maximum absolute atomic E-state index is 12.4. The van der Waals surface area contributed by atoms with Crippen molar-refractivity contribution in [1.82, 2.24) is 9.55 Å². The summed E-state index contributed by atoms with van der Waals surface area (Å²) in [5.74, 6) is 0.494. The topological polar surface area (TPSA) is 44.1 Å². The number of methoxy groups -OCH3 is 1. The highest BCUT2D eigenvalue weighted by molar-refractivity contribution is 6.10. The van der Waals surface area contributed by atoms with Crippen LogP contribution in [0.4, 0.5) is 0 Å². The van der Waals surface area contributed by atoms with Crippen LogP contribution in [0.15, 0.2) is 24.7 Å². The van der Waals surface area contributed by atoms with Crippen molar-refractivity contribution >= 4 is 5.78 Å². The van der Waals surface area contributed by atoms with E-state index < -0.39 is 0 Å². The largest absolute Gasteiger partial charge is 0.496 e. The van der Waals surface area contributed by atoms with Gasteiger partial charge in [0.15, 0.2) is 0 Å². The highest BCUT2D eigenvalue weighted by atomic mass is 16.5. The summed E-state index contributed by atoms with van der Waals surface area (Å²) >= 11 is 0. The van der Waals surface area contributed by atoms with E-state index in [-0.39, 0.29) is 5.78 Å². The van der Waals surface area contributed by atoms with Crippen LogP contribution >= 0.6 is 0 Å². The Morgan fingerprint density at radius 1 is 1.33 bits per heavy atom. The molecular weight excluding hydrogens is 228 g/mol. The van der Waals surface area contributed by atoms with E-state index in [2.05, 4.69) is 4.98 Å². The van der Waals surface area contributed by atoms with Gasteiger partial charge in [-0.3, -0.25) is 4.79 Å². The SMILES string of the molecule is COc1cc(C)cc(C)c1C(=O)c1cn(C)cn1. The molecule has 4 heteroatoms. The number of aromatic nitrogens is 2. The smallest absolute Gasteiger partial charge is 0.216 e. The van der Waals surface area contributed by atoms with Gasteiger partial charge in [0.05, 0.1) is 19.0 Å². The molecule has 0 saturated carbocycles. The number of hydrogen-bond donors (Lipinski definition) is 0. The van der Waals surface area contributed by atoms with E-state index in [0.717, 1.165) is 11.1 Å². The first-order chi connectivity index (χ1) is 8.52. The van der Waals surface area contributed by atoms with Crippen LogP contribution in [0.3, 0.4) is 0 Å². The number of carbonyl (C=O) groups excluding carboxylic acids is 1. The molecule has 1 aromatic heterocycles. The Morgan fingerprint density at radius 2 is 2.06 bits per heavy atom. The molecular formula is C14H16N2O2. The average molecular weight is 244 g/mol. The number of hydrogen-bond acceptors (Lipinski definition) is 3. The molecule has 0 radical (unpaired) electrons. The van der Waals surface area contributed by atoms with Gasteiger partial charge >= 0.3 is 0 Å². The van der Waals surface area contributed by atoms with E-state index in [1.54, 1.807) is 24.2 Å². The van der Waals surface area contributed by atoms with E-state index in [1.807, 2.05) is 33.0 Å². The molecule has 1 aromatic carbocycles. The minimum absolute atomic E-state index is 0.107. The van der Waals surface area contributed by atoms with Gasteiger partial charge in [-0.15, -0.1) is 0 Å². The van der Waals surface area contributed by atoms with Crippen molar-refractivity contribution in [2.24, 2.45) is 7.05 Å². The Bertz CT molecular complexity index is 600. The van der Waals surface area contributed by atoms with E-state index in [4.69, 9.17) is 4.74 Å². The van der Waals surface area contributed by atoms with E-state index in [0.29, 0.717) is 17.0 Å². The summed E-state index contributed by atoms with van der Waals surface area (Å²) in [4.78, 5) is 16.5. The summed E-state index contributed by atoms with van der Waals surface area (Å²) in [6, 6.07) is 3.84. The summed E-state index contributed by atoms with van der Waals surface area (Å²) in [6.07, 6.45) is 3.32. The van der Waals surface area contributed by atoms with Crippen LogP contribution in [0.5, 0.6) is 5.75 Å². The fraction of sp³-hybridized carbons (Fsp3) is 0.286. The second kappa shape index (κ2) is 4.64. The first kappa shape index (κ1) is 12.4. The Kier molecular flexibility index (Phi) is 3.19. The molecule has 0 aliphatic heterocycles. The fourth-order valence-electron chi connectivity index (χ4n) is 2.04. The zero-order chi connectivity index (χ0) is 13.3. The highest BCUT2D eigenvalue weighted by Crippen LogP contribution is 2.26. The van der Waals surface area contributed by atoms with Crippen LogP contribution < -0.4 is 4.74 Å². The lowest BCUT2D eigenvalue weighted by Gasteiger charge is -2.11. The van der Waals surface area contributed by atoms with Crippen molar-refractivity contribution in [2.45, 2.75) is 13.8 Å². The molecule has 0 atom stereocenters. The number of ketones is 1. The van der Waals surface area contributed by atoms with Gasteiger partial charge in [-0.25, -0.2) is 4.98 Å². The van der Waals surface area contributed by atoms with Gasteiger partial charge in [0, 0.05) is 13.2 Å². The van der Waals surface area contributed by atoms with Crippen LogP contribution in [0.1, 0.15) is 27.2 Å². The van der Waals surface area contributed by atoms with Gasteiger partial charge in [-0.2, -0.15) is 0 Å². The predicted octanol–water partition coefficient (Wildman–Crippen LogP) is 2.28. The molecule has 0 saturated heterocycles. The van der Waals surface area contributed by atoms with Crippen molar-refractivity contribution in [1.29, 1.82) is 0 Å². The molecule has 0 fully saturated rings. The Hall–Kier alpha value is -2.10. The summed E-state index contributed by atoms with van der Waals surface area (Å²) in [6.45, 7) is 3.89. The number of ether oxygens (including phenoxy) is 1. The minimum Gasteiger partial charge on any atom is -0.496 e. The van der Waals surface area contributed by atoms with Gasteiger partial charge in [0.1, 0.15) is 11.4 Å². The molecule has 0 spiro atoms. The molecule has 2 aromatic rings. The quantitative estimate of drug-likeness (QED) is 0.778. The van der Waals surface area contributed by atoms with Crippen LogP contribution in [0.2, 0.25) is 0 Å². The molecule has 0 amide bonds. The molecule has 94 valence electrons. The summed E-state index contributed by atoms with van der Waals surface area (Å²) in [5.41, 5.74) is 2.99. The van der Waals surface area contributed by atoms with E-state index >= 15 is 0 Å². The lowest BCUT2D eigenvalue weighted by molar-refractivity contribution is 0.103. The normalized spacial score (nSPS) is 10.4. The second-order valence-electron chi connectivity index (χ2n) is 4.41. The van der Waals surface area contributed by atoms with Crippen LogP contribution in [-0.4, -0.2) is 22.4 Å². The molecule has 1 heterocycles. The van der Waals surface area contributed by atoms with E-state index in [9.17, 15) is 4.79 Å². The summed E-state index contributed by atoms with van der Waals surface area (Å²) < 4.78 is 7.05. The number of rotatable bonds is 3. The number of imidazole rings is 1. The lowest BCUT2D eigenvalue weighted by atomic mass is 9.99. The zero-order valence-corrected chi connectivity index (χ0v) is 11.0. The number of aryl methyl sites for hydroxylation is 3. The molecule has 18 heavy (non-hydrogen) atoms. The third-order valence-corrected chi connectivity index (χ3v) is 2.83. The number of nitrogens with zero attached hydrogens (tertiary/aromatic N) is 2. The zero-order valence-electron chi connectivity index (χ0n) is 11.0. The van der Waals surface area contributed by atoms with Crippen LogP contribution in [-0.2, 0) is 7.05 Å². The molecule has 2 rings (SSSR count). The Morgan fingerprint density at radius 3 is 2.61 bits per heavy atom. The fourth-order valence-corrected chi connectivity index (χ4v) is 2.04. The summed E-state index contributed by atoms with van der Waals surface area (Å²) in [7, 11) is 3.41. The number of carbonyl (C=O) groups is 1. The van der Waals surface area contributed by atoms with Crippen molar-refractivity contribution < 1.29 is 9.53 Å². The lowest BCUT2D eigenvalue weighted by Crippen LogP contribution is -2.07. The first-order valence-corrected chi connectivity index (χ1v) is 5.71. The maximum Gasteiger partial charge on any atom is 0.216 e.